The highest BCUT2D eigenvalue weighted by Gasteiger charge is 2.24. The summed E-state index contributed by atoms with van der Waals surface area (Å²) in [5.74, 6) is -1.40. The van der Waals surface area contributed by atoms with E-state index in [4.69, 9.17) is 4.74 Å². The third-order valence-corrected chi connectivity index (χ3v) is 4.64. The third kappa shape index (κ3) is 11.1. The first-order valence-electron chi connectivity index (χ1n) is 10.6. The molecule has 0 saturated carbocycles. The molecule has 1 unspecified atom stereocenters. The molecule has 31 heavy (non-hydrogen) atoms. The maximum Gasteiger partial charge on any atom is 0.305 e. The Balaban J connectivity index is 2.53. The van der Waals surface area contributed by atoms with Crippen molar-refractivity contribution in [2.75, 3.05) is 26.3 Å². The summed E-state index contributed by atoms with van der Waals surface area (Å²) < 4.78 is 5.09. The van der Waals surface area contributed by atoms with Crippen molar-refractivity contribution in [3.05, 3.63) is 61.2 Å². The Kier molecular flexibility index (Phi) is 13.3. The van der Waals surface area contributed by atoms with Crippen LogP contribution in [-0.4, -0.2) is 54.1 Å². The smallest absolute Gasteiger partial charge is 0.305 e. The molecule has 0 aromatic heterocycles. The molecule has 7 heteroatoms. The number of hydrogen-bond acceptors (Lipinski definition) is 5. The van der Waals surface area contributed by atoms with Gasteiger partial charge in [-0.05, 0) is 24.8 Å². The van der Waals surface area contributed by atoms with Gasteiger partial charge in [-0.2, -0.15) is 0 Å². The van der Waals surface area contributed by atoms with E-state index in [9.17, 15) is 19.5 Å². The van der Waals surface area contributed by atoms with Gasteiger partial charge in [-0.3, -0.25) is 14.4 Å². The molecule has 0 heterocycles. The van der Waals surface area contributed by atoms with Crippen LogP contribution in [0, 0.1) is 5.92 Å². The molecule has 170 valence electrons. The number of ether oxygens (including phenoxy) is 1. The third-order valence-electron chi connectivity index (χ3n) is 4.64. The molecule has 0 saturated heterocycles. The first-order chi connectivity index (χ1) is 15.0. The summed E-state index contributed by atoms with van der Waals surface area (Å²) in [4.78, 5) is 38.5. The second kappa shape index (κ2) is 15.8. The largest absolute Gasteiger partial charge is 0.464 e. The van der Waals surface area contributed by atoms with E-state index in [0.29, 0.717) is 25.8 Å². The molecular formula is C24H34N2O5. The van der Waals surface area contributed by atoms with Crippen LogP contribution in [-0.2, 0) is 25.7 Å². The van der Waals surface area contributed by atoms with E-state index >= 15 is 0 Å². The van der Waals surface area contributed by atoms with Crippen molar-refractivity contribution in [1.82, 2.24) is 10.2 Å². The molecule has 2 amide bonds. The van der Waals surface area contributed by atoms with Crippen molar-refractivity contribution in [3.8, 4) is 0 Å². The van der Waals surface area contributed by atoms with Crippen LogP contribution in [0.1, 0.15) is 37.7 Å². The second-order valence-electron chi connectivity index (χ2n) is 7.14. The van der Waals surface area contributed by atoms with Gasteiger partial charge in [0.2, 0.25) is 11.8 Å². The summed E-state index contributed by atoms with van der Waals surface area (Å²) in [5.41, 5.74) is 0.948. The number of nitrogens with one attached hydrogen (secondary N) is 1. The molecule has 1 atom stereocenters. The SMILES string of the molecule is C=CCCCC(=O)OCCNC(=O)C(CC=C)CC(=O)N(CCO)Cc1ccccc1. The number of nitrogens with zero attached hydrogens (tertiary/aromatic N) is 1. The molecule has 7 nitrogen and oxygen atoms in total. The Bertz CT molecular complexity index is 705. The number of aliphatic hydroxyl groups excluding tert-OH is 1. The average Bonchev–Trinajstić information content (AvgIpc) is 2.76. The fraction of sp³-hybridized carbons (Fsp3) is 0.458. The topological polar surface area (TPSA) is 95.9 Å². The van der Waals surface area contributed by atoms with Crippen LogP contribution in [0.5, 0.6) is 0 Å². The van der Waals surface area contributed by atoms with Crippen molar-refractivity contribution < 1.29 is 24.2 Å². The lowest BCUT2D eigenvalue weighted by molar-refractivity contribution is -0.144. The lowest BCUT2D eigenvalue weighted by Crippen LogP contribution is -2.39. The van der Waals surface area contributed by atoms with Crippen LogP contribution in [0.3, 0.4) is 0 Å². The molecule has 0 spiro atoms. The summed E-state index contributed by atoms with van der Waals surface area (Å²) in [5, 5.41) is 12.0. The summed E-state index contributed by atoms with van der Waals surface area (Å²) in [6, 6.07) is 9.48. The second-order valence-corrected chi connectivity index (χ2v) is 7.14. The van der Waals surface area contributed by atoms with Crippen LogP contribution in [0.25, 0.3) is 0 Å². The van der Waals surface area contributed by atoms with Gasteiger partial charge in [0.05, 0.1) is 19.1 Å². The van der Waals surface area contributed by atoms with Crippen LogP contribution in [0.4, 0.5) is 0 Å². The highest BCUT2D eigenvalue weighted by molar-refractivity contribution is 5.86. The van der Waals surface area contributed by atoms with Gasteiger partial charge in [-0.1, -0.05) is 42.5 Å². The number of carbonyl (C=O) groups excluding carboxylic acids is 3. The number of esters is 1. The quantitative estimate of drug-likeness (QED) is 0.239. The van der Waals surface area contributed by atoms with Gasteiger partial charge in [0, 0.05) is 25.9 Å². The maximum atomic E-state index is 12.8. The first kappa shape index (κ1) is 26.1. The highest BCUT2D eigenvalue weighted by atomic mass is 16.5. The molecule has 0 aliphatic carbocycles. The minimum atomic E-state index is -0.578. The Morgan fingerprint density at radius 1 is 1.16 bits per heavy atom. The van der Waals surface area contributed by atoms with E-state index in [-0.39, 0.29) is 50.5 Å². The van der Waals surface area contributed by atoms with Gasteiger partial charge in [0.1, 0.15) is 6.61 Å². The molecule has 2 N–H and O–H groups in total. The Morgan fingerprint density at radius 3 is 2.55 bits per heavy atom. The van der Waals surface area contributed by atoms with Gasteiger partial charge in [-0.25, -0.2) is 0 Å². The van der Waals surface area contributed by atoms with E-state index in [2.05, 4.69) is 18.5 Å². The first-order valence-corrected chi connectivity index (χ1v) is 10.6. The van der Waals surface area contributed by atoms with Crippen molar-refractivity contribution in [2.45, 2.75) is 38.6 Å². The van der Waals surface area contributed by atoms with Gasteiger partial charge in [0.15, 0.2) is 0 Å². The zero-order valence-corrected chi connectivity index (χ0v) is 18.1. The number of rotatable bonds is 16. The van der Waals surface area contributed by atoms with E-state index in [1.54, 1.807) is 17.1 Å². The average molecular weight is 431 g/mol. The number of allylic oxidation sites excluding steroid dienone is 2. The zero-order chi connectivity index (χ0) is 22.9. The number of aliphatic hydroxyl groups is 1. The number of hydrogen-bond donors (Lipinski definition) is 2. The van der Waals surface area contributed by atoms with Gasteiger partial charge >= 0.3 is 5.97 Å². The van der Waals surface area contributed by atoms with E-state index in [1.165, 1.54) is 0 Å². The lowest BCUT2D eigenvalue weighted by atomic mass is 9.99. The van der Waals surface area contributed by atoms with Crippen molar-refractivity contribution >= 4 is 17.8 Å². The Hall–Kier alpha value is -2.93. The predicted octanol–water partition coefficient (Wildman–Crippen LogP) is 2.61. The fourth-order valence-electron chi connectivity index (χ4n) is 2.99. The molecule has 0 aliphatic rings. The predicted molar refractivity (Wildman–Crippen MR) is 120 cm³/mol. The molecule has 0 radical (unpaired) electrons. The van der Waals surface area contributed by atoms with Gasteiger partial charge < -0.3 is 20.1 Å². The van der Waals surface area contributed by atoms with Gasteiger partial charge in [0.25, 0.3) is 0 Å². The van der Waals surface area contributed by atoms with Crippen LogP contribution < -0.4 is 5.32 Å². The number of carbonyl (C=O) groups is 3. The maximum absolute atomic E-state index is 12.8. The number of amides is 2. The molecule has 0 fully saturated rings. The number of benzene rings is 1. The highest BCUT2D eigenvalue weighted by Crippen LogP contribution is 2.14. The number of unbranched alkanes of at least 4 members (excludes halogenated alkanes) is 1. The van der Waals surface area contributed by atoms with Crippen LogP contribution in [0.2, 0.25) is 0 Å². The molecule has 0 bridgehead atoms. The minimum Gasteiger partial charge on any atom is -0.464 e. The van der Waals surface area contributed by atoms with Crippen LogP contribution in [0.15, 0.2) is 55.6 Å². The van der Waals surface area contributed by atoms with Gasteiger partial charge in [-0.15, -0.1) is 13.2 Å². The molecular weight excluding hydrogens is 396 g/mol. The Labute approximate surface area is 184 Å². The summed E-state index contributed by atoms with van der Waals surface area (Å²) in [7, 11) is 0. The van der Waals surface area contributed by atoms with E-state index in [1.807, 2.05) is 30.3 Å². The van der Waals surface area contributed by atoms with Crippen molar-refractivity contribution in [3.63, 3.8) is 0 Å². The molecule has 1 rings (SSSR count). The minimum absolute atomic E-state index is 0.00598. The monoisotopic (exact) mass is 430 g/mol. The standard InChI is InChI=1S/C24H34N2O5/c1-3-5-7-13-23(29)31-17-14-25-24(30)21(10-4-2)18-22(28)26(15-16-27)19-20-11-8-6-9-12-20/h3-4,6,8-9,11-12,21,27H,1-2,5,7,10,13-19H2,(H,25,30). The summed E-state index contributed by atoms with van der Waals surface area (Å²) in [6.45, 7) is 7.93. The molecule has 0 aliphatic heterocycles. The fourth-order valence-corrected chi connectivity index (χ4v) is 2.99. The van der Waals surface area contributed by atoms with E-state index in [0.717, 1.165) is 12.0 Å². The normalized spacial score (nSPS) is 11.3. The Morgan fingerprint density at radius 2 is 1.90 bits per heavy atom. The van der Waals surface area contributed by atoms with Crippen molar-refractivity contribution in [1.29, 1.82) is 0 Å². The molecule has 1 aromatic carbocycles. The molecule has 1 aromatic rings. The summed E-state index contributed by atoms with van der Waals surface area (Å²) >= 11 is 0. The summed E-state index contributed by atoms with van der Waals surface area (Å²) in [6.07, 6.45) is 5.45. The van der Waals surface area contributed by atoms with Crippen LogP contribution >= 0.6 is 0 Å². The zero-order valence-electron chi connectivity index (χ0n) is 18.1. The lowest BCUT2D eigenvalue weighted by Gasteiger charge is -2.24. The van der Waals surface area contributed by atoms with Crippen molar-refractivity contribution in [2.24, 2.45) is 5.92 Å². The van der Waals surface area contributed by atoms with E-state index < -0.39 is 5.92 Å².